The van der Waals surface area contributed by atoms with Gasteiger partial charge in [0.2, 0.25) is 0 Å². The van der Waals surface area contributed by atoms with Crippen LogP contribution in [0.2, 0.25) is 0 Å². The molecule has 19 heavy (non-hydrogen) atoms. The Hall–Kier alpha value is -0.960. The normalized spacial score (nSPS) is 21.4. The van der Waals surface area contributed by atoms with Crippen LogP contribution >= 0.6 is 11.8 Å². The molecular formula is C16H22O2S. The minimum absolute atomic E-state index is 0.0814. The highest BCUT2D eigenvalue weighted by Crippen LogP contribution is 2.39. The van der Waals surface area contributed by atoms with Gasteiger partial charge in [-0.15, -0.1) is 11.8 Å². The summed E-state index contributed by atoms with van der Waals surface area (Å²) >= 11 is 1.75. The molecule has 1 fully saturated rings. The van der Waals surface area contributed by atoms with Gasteiger partial charge in [0.1, 0.15) is 5.60 Å². The van der Waals surface area contributed by atoms with Gasteiger partial charge in [0.15, 0.2) is 0 Å². The first kappa shape index (κ1) is 14.4. The predicted molar refractivity (Wildman–Crippen MR) is 79.5 cm³/mol. The Morgan fingerprint density at radius 1 is 1.32 bits per heavy atom. The molecule has 1 aliphatic rings. The summed E-state index contributed by atoms with van der Waals surface area (Å²) in [6.45, 7) is 6.19. The molecule has 2 nitrogen and oxygen atoms in total. The van der Waals surface area contributed by atoms with E-state index in [0.717, 1.165) is 6.42 Å². The van der Waals surface area contributed by atoms with E-state index in [-0.39, 0.29) is 16.8 Å². The van der Waals surface area contributed by atoms with Gasteiger partial charge in [-0.05, 0) is 44.4 Å². The van der Waals surface area contributed by atoms with Crippen LogP contribution in [-0.4, -0.2) is 16.8 Å². The average molecular weight is 278 g/mol. The number of thioether (sulfide) groups is 1. The van der Waals surface area contributed by atoms with Gasteiger partial charge in [0, 0.05) is 4.90 Å². The van der Waals surface area contributed by atoms with Gasteiger partial charge in [-0.25, -0.2) is 0 Å². The number of cyclic esters (lactones) is 1. The van der Waals surface area contributed by atoms with Crippen molar-refractivity contribution < 1.29 is 9.53 Å². The van der Waals surface area contributed by atoms with Crippen molar-refractivity contribution in [3.05, 3.63) is 29.8 Å². The van der Waals surface area contributed by atoms with E-state index < -0.39 is 0 Å². The lowest BCUT2D eigenvalue weighted by atomic mass is 10.1. The minimum atomic E-state index is -0.358. The van der Waals surface area contributed by atoms with Crippen molar-refractivity contribution in [2.24, 2.45) is 0 Å². The van der Waals surface area contributed by atoms with Crippen molar-refractivity contribution in [1.82, 2.24) is 0 Å². The summed E-state index contributed by atoms with van der Waals surface area (Å²) < 4.78 is 5.35. The molecule has 0 radical (unpaired) electrons. The number of hydrogen-bond acceptors (Lipinski definition) is 3. The highest BCUT2D eigenvalue weighted by atomic mass is 32.2. The van der Waals surface area contributed by atoms with Gasteiger partial charge >= 0.3 is 5.97 Å². The fourth-order valence-electron chi connectivity index (χ4n) is 2.26. The largest absolute Gasteiger partial charge is 0.458 e. The first-order chi connectivity index (χ1) is 9.01. The third kappa shape index (κ3) is 3.75. The van der Waals surface area contributed by atoms with Crippen molar-refractivity contribution in [1.29, 1.82) is 0 Å². The van der Waals surface area contributed by atoms with Gasteiger partial charge in [-0.2, -0.15) is 0 Å². The fraction of sp³-hybridized carbons (Fsp3) is 0.562. The summed E-state index contributed by atoms with van der Waals surface area (Å²) in [6, 6.07) is 8.72. The second kappa shape index (κ2) is 6.00. The summed E-state index contributed by atoms with van der Waals surface area (Å²) in [4.78, 5) is 12.6. The minimum Gasteiger partial charge on any atom is -0.458 e. The molecule has 2 rings (SSSR count). The van der Waals surface area contributed by atoms with Crippen LogP contribution < -0.4 is 0 Å². The van der Waals surface area contributed by atoms with E-state index in [1.54, 1.807) is 11.8 Å². The lowest BCUT2D eigenvalue weighted by molar-refractivity contribution is -0.145. The number of esters is 1. The Balaban J connectivity index is 1.98. The molecule has 104 valence electrons. The molecule has 0 aromatic heterocycles. The van der Waals surface area contributed by atoms with E-state index in [1.807, 2.05) is 13.8 Å². The summed E-state index contributed by atoms with van der Waals surface area (Å²) in [5.74, 6) is -0.0814. The molecule has 1 heterocycles. The predicted octanol–water partition coefficient (Wildman–Crippen LogP) is 4.22. The molecule has 0 amide bonds. The van der Waals surface area contributed by atoms with Crippen molar-refractivity contribution in [3.63, 3.8) is 0 Å². The van der Waals surface area contributed by atoms with Crippen LogP contribution in [0.4, 0.5) is 0 Å². The molecule has 0 aliphatic carbocycles. The van der Waals surface area contributed by atoms with Gasteiger partial charge < -0.3 is 4.74 Å². The maximum absolute atomic E-state index is 11.4. The lowest BCUT2D eigenvalue weighted by Gasteiger charge is -2.24. The van der Waals surface area contributed by atoms with E-state index >= 15 is 0 Å². The monoisotopic (exact) mass is 278 g/mol. The number of carbonyl (C=O) groups is 1. The number of carbonyl (C=O) groups excluding carboxylic acids is 1. The molecule has 0 spiro atoms. The van der Waals surface area contributed by atoms with Crippen LogP contribution in [-0.2, 0) is 16.0 Å². The summed E-state index contributed by atoms with van der Waals surface area (Å²) in [7, 11) is 0. The molecule has 1 aromatic carbocycles. The molecule has 0 bridgehead atoms. The molecule has 1 aromatic rings. The summed E-state index contributed by atoms with van der Waals surface area (Å²) in [6.07, 6.45) is 4.13. The molecule has 1 atom stereocenters. The zero-order valence-corrected chi connectivity index (χ0v) is 12.8. The van der Waals surface area contributed by atoms with Crippen LogP contribution in [0.5, 0.6) is 0 Å². The lowest BCUT2D eigenvalue weighted by Crippen LogP contribution is -2.29. The van der Waals surface area contributed by atoms with Crippen molar-refractivity contribution in [2.45, 2.75) is 62.2 Å². The highest BCUT2D eigenvalue weighted by molar-refractivity contribution is 8.00. The molecular weight excluding hydrogens is 256 g/mol. The number of hydrogen-bond donors (Lipinski definition) is 0. The van der Waals surface area contributed by atoms with E-state index in [2.05, 4.69) is 31.2 Å². The van der Waals surface area contributed by atoms with Crippen LogP contribution in [0.15, 0.2) is 29.2 Å². The van der Waals surface area contributed by atoms with Crippen molar-refractivity contribution in [2.75, 3.05) is 0 Å². The second-order valence-corrected chi connectivity index (χ2v) is 6.91. The van der Waals surface area contributed by atoms with Crippen molar-refractivity contribution >= 4 is 17.7 Å². The zero-order valence-electron chi connectivity index (χ0n) is 11.9. The van der Waals surface area contributed by atoms with Crippen LogP contribution in [0, 0.1) is 0 Å². The van der Waals surface area contributed by atoms with Crippen molar-refractivity contribution in [3.8, 4) is 0 Å². The van der Waals surface area contributed by atoms with Crippen LogP contribution in [0.1, 0.15) is 45.6 Å². The van der Waals surface area contributed by atoms with Gasteiger partial charge in [-0.3, -0.25) is 4.79 Å². The molecule has 0 saturated carbocycles. The first-order valence-electron chi connectivity index (χ1n) is 6.98. The molecule has 1 saturated heterocycles. The maximum Gasteiger partial charge on any atom is 0.307 e. The van der Waals surface area contributed by atoms with E-state index in [0.29, 0.717) is 6.42 Å². The quantitative estimate of drug-likeness (QED) is 0.754. The standard InChI is InChI=1S/C16H22O2S/c1-4-5-6-12-7-9-13(10-8-12)19-14-11-15(17)18-16(14,2)3/h7-10,14H,4-6,11H2,1-3H3. The SMILES string of the molecule is CCCCc1ccc(SC2CC(=O)OC2(C)C)cc1. The Bertz CT molecular complexity index is 437. The number of rotatable bonds is 5. The smallest absolute Gasteiger partial charge is 0.307 e. The van der Waals surface area contributed by atoms with Gasteiger partial charge in [-0.1, -0.05) is 25.5 Å². The zero-order chi connectivity index (χ0) is 13.9. The Kier molecular flexibility index (Phi) is 4.56. The van der Waals surface area contributed by atoms with Gasteiger partial charge in [0.25, 0.3) is 0 Å². The van der Waals surface area contributed by atoms with E-state index in [1.165, 1.54) is 23.3 Å². The molecule has 3 heteroatoms. The Morgan fingerprint density at radius 2 is 2.00 bits per heavy atom. The summed E-state index contributed by atoms with van der Waals surface area (Å²) in [5, 5.41) is 0.210. The fourth-order valence-corrected chi connectivity index (χ4v) is 3.43. The maximum atomic E-state index is 11.4. The number of benzene rings is 1. The van der Waals surface area contributed by atoms with Crippen LogP contribution in [0.25, 0.3) is 0 Å². The van der Waals surface area contributed by atoms with Gasteiger partial charge in [0.05, 0.1) is 11.7 Å². The molecule has 1 unspecified atom stereocenters. The number of unbranched alkanes of at least 4 members (excludes halogenated alkanes) is 1. The Labute approximate surface area is 119 Å². The average Bonchev–Trinajstić information content (AvgIpc) is 2.61. The number of ether oxygens (including phenoxy) is 1. The van der Waals surface area contributed by atoms with E-state index in [4.69, 9.17) is 4.74 Å². The first-order valence-corrected chi connectivity index (χ1v) is 7.86. The molecule has 1 aliphatic heterocycles. The summed E-state index contributed by atoms with van der Waals surface area (Å²) in [5.41, 5.74) is 1.03. The third-order valence-electron chi connectivity index (χ3n) is 3.53. The van der Waals surface area contributed by atoms with Crippen LogP contribution in [0.3, 0.4) is 0 Å². The second-order valence-electron chi connectivity index (χ2n) is 5.64. The van der Waals surface area contributed by atoms with E-state index in [9.17, 15) is 4.79 Å². The third-order valence-corrected chi connectivity index (χ3v) is 5.09. The number of aryl methyl sites for hydroxylation is 1. The highest BCUT2D eigenvalue weighted by Gasteiger charge is 2.42. The topological polar surface area (TPSA) is 26.3 Å². The Morgan fingerprint density at radius 3 is 2.53 bits per heavy atom. The molecule has 0 N–H and O–H groups in total.